The molecule has 2 unspecified atom stereocenters. The Morgan fingerprint density at radius 2 is 2.06 bits per heavy atom. The van der Waals surface area contributed by atoms with Gasteiger partial charge in [0.1, 0.15) is 5.75 Å². The number of benzene rings is 1. The smallest absolute Gasteiger partial charge is 0.167 e. The van der Waals surface area contributed by atoms with Gasteiger partial charge in [0.05, 0.1) is 18.9 Å². The third kappa shape index (κ3) is 2.86. The number of hydrogen-bond donors (Lipinski definition) is 1. The lowest BCUT2D eigenvalue weighted by atomic mass is 9.89. The summed E-state index contributed by atoms with van der Waals surface area (Å²) >= 11 is 0. The lowest BCUT2D eigenvalue weighted by Gasteiger charge is -2.27. The van der Waals surface area contributed by atoms with E-state index in [0.29, 0.717) is 17.4 Å². The molecule has 1 saturated carbocycles. The largest absolute Gasteiger partial charge is 0.494 e. The summed E-state index contributed by atoms with van der Waals surface area (Å²) in [7, 11) is 1.51. The van der Waals surface area contributed by atoms with E-state index in [2.05, 4.69) is 6.92 Å². The molecule has 1 aliphatic carbocycles. The Hall–Kier alpha value is -1.45. The maximum Gasteiger partial charge on any atom is 0.167 e. The molecule has 0 amide bonds. The summed E-state index contributed by atoms with van der Waals surface area (Å²) in [5, 5.41) is 0. The van der Waals surface area contributed by atoms with E-state index in [-0.39, 0.29) is 11.9 Å². The van der Waals surface area contributed by atoms with E-state index in [4.69, 9.17) is 15.2 Å². The molecule has 0 bridgehead atoms. The van der Waals surface area contributed by atoms with Gasteiger partial charge in [-0.3, -0.25) is 0 Å². The predicted octanol–water partition coefficient (Wildman–Crippen LogP) is 3.37. The van der Waals surface area contributed by atoms with E-state index in [1.807, 2.05) is 0 Å². The van der Waals surface area contributed by atoms with Crippen LogP contribution in [0.3, 0.4) is 0 Å². The molecule has 0 radical (unpaired) electrons. The first-order chi connectivity index (χ1) is 8.60. The molecule has 4 heteroatoms. The topological polar surface area (TPSA) is 44.5 Å². The second kappa shape index (κ2) is 5.46. The highest BCUT2D eigenvalue weighted by molar-refractivity contribution is 5.56. The molecule has 1 fully saturated rings. The minimum absolute atomic E-state index is 0.0941. The maximum atomic E-state index is 13.8. The summed E-state index contributed by atoms with van der Waals surface area (Å²) in [4.78, 5) is 0. The fourth-order valence-electron chi connectivity index (χ4n) is 2.48. The van der Waals surface area contributed by atoms with Crippen molar-refractivity contribution in [1.29, 1.82) is 0 Å². The van der Waals surface area contributed by atoms with Gasteiger partial charge >= 0.3 is 0 Å². The van der Waals surface area contributed by atoms with Crippen molar-refractivity contribution >= 4 is 5.69 Å². The second-order valence-corrected chi connectivity index (χ2v) is 5.04. The number of anilines is 1. The van der Waals surface area contributed by atoms with Crippen molar-refractivity contribution in [2.45, 2.75) is 38.7 Å². The number of halogens is 1. The molecule has 0 aromatic heterocycles. The first-order valence-electron chi connectivity index (χ1n) is 6.39. The van der Waals surface area contributed by atoms with Crippen molar-refractivity contribution in [3.8, 4) is 11.5 Å². The normalized spacial score (nSPS) is 23.7. The van der Waals surface area contributed by atoms with Crippen LogP contribution >= 0.6 is 0 Å². The van der Waals surface area contributed by atoms with E-state index in [1.165, 1.54) is 25.7 Å². The van der Waals surface area contributed by atoms with Crippen LogP contribution < -0.4 is 15.2 Å². The van der Waals surface area contributed by atoms with Gasteiger partial charge in [-0.15, -0.1) is 0 Å². The van der Waals surface area contributed by atoms with Gasteiger partial charge in [0.2, 0.25) is 0 Å². The van der Waals surface area contributed by atoms with Gasteiger partial charge in [0.25, 0.3) is 0 Å². The number of nitrogen functional groups attached to an aromatic ring is 1. The van der Waals surface area contributed by atoms with Crippen molar-refractivity contribution < 1.29 is 13.9 Å². The monoisotopic (exact) mass is 253 g/mol. The molecule has 3 nitrogen and oxygen atoms in total. The molecule has 2 N–H and O–H groups in total. The summed E-state index contributed by atoms with van der Waals surface area (Å²) in [6, 6.07) is 2.78. The van der Waals surface area contributed by atoms with Crippen molar-refractivity contribution in [3.05, 3.63) is 17.9 Å². The Bertz CT molecular complexity index is 423. The van der Waals surface area contributed by atoms with Crippen LogP contribution in [0, 0.1) is 11.7 Å². The lowest BCUT2D eigenvalue weighted by Crippen LogP contribution is -2.24. The van der Waals surface area contributed by atoms with Gasteiger partial charge < -0.3 is 15.2 Å². The Morgan fingerprint density at radius 1 is 1.28 bits per heavy atom. The number of methoxy groups -OCH3 is 1. The molecule has 1 aromatic rings. The molecule has 0 saturated heterocycles. The van der Waals surface area contributed by atoms with Crippen LogP contribution in [0.5, 0.6) is 11.5 Å². The summed E-state index contributed by atoms with van der Waals surface area (Å²) < 4.78 is 24.6. The lowest BCUT2D eigenvalue weighted by molar-refractivity contribution is 0.124. The van der Waals surface area contributed by atoms with Crippen molar-refractivity contribution in [2.24, 2.45) is 5.92 Å². The van der Waals surface area contributed by atoms with E-state index < -0.39 is 5.82 Å². The Kier molecular flexibility index (Phi) is 3.94. The van der Waals surface area contributed by atoms with Gasteiger partial charge in [-0.05, 0) is 25.2 Å². The average molecular weight is 253 g/mol. The molecule has 2 rings (SSSR count). The molecule has 2 atom stereocenters. The standard InChI is InChI=1S/C14H20FNO2/c1-9-4-3-5-10(6-9)18-13-8-14(17-2)12(16)7-11(13)15/h7-10H,3-6,16H2,1-2H3. The zero-order valence-electron chi connectivity index (χ0n) is 10.9. The molecule has 0 aliphatic heterocycles. The zero-order valence-corrected chi connectivity index (χ0v) is 10.9. The average Bonchev–Trinajstić information content (AvgIpc) is 2.33. The first-order valence-corrected chi connectivity index (χ1v) is 6.39. The molecule has 100 valence electrons. The van der Waals surface area contributed by atoms with Crippen molar-refractivity contribution in [2.75, 3.05) is 12.8 Å². The van der Waals surface area contributed by atoms with Crippen molar-refractivity contribution in [3.63, 3.8) is 0 Å². The SMILES string of the molecule is COc1cc(OC2CCCC(C)C2)c(F)cc1N. The van der Waals surface area contributed by atoms with Gasteiger partial charge in [-0.25, -0.2) is 4.39 Å². The fourth-order valence-corrected chi connectivity index (χ4v) is 2.48. The number of rotatable bonds is 3. The second-order valence-electron chi connectivity index (χ2n) is 5.04. The third-order valence-corrected chi connectivity index (χ3v) is 3.47. The molecule has 18 heavy (non-hydrogen) atoms. The van der Waals surface area contributed by atoms with Gasteiger partial charge in [0, 0.05) is 12.1 Å². The molecule has 0 heterocycles. The van der Waals surface area contributed by atoms with E-state index >= 15 is 0 Å². The Morgan fingerprint density at radius 3 is 2.72 bits per heavy atom. The van der Waals surface area contributed by atoms with E-state index in [9.17, 15) is 4.39 Å². The summed E-state index contributed by atoms with van der Waals surface area (Å²) in [6.07, 6.45) is 4.42. The summed E-state index contributed by atoms with van der Waals surface area (Å²) in [5.41, 5.74) is 5.93. The maximum absolute atomic E-state index is 13.8. The van der Waals surface area contributed by atoms with Crippen LogP contribution in [0.2, 0.25) is 0 Å². The Labute approximate surface area is 107 Å². The van der Waals surface area contributed by atoms with Crippen LogP contribution in [-0.4, -0.2) is 13.2 Å². The van der Waals surface area contributed by atoms with Gasteiger partial charge in [-0.2, -0.15) is 0 Å². The molecular weight excluding hydrogens is 233 g/mol. The summed E-state index contributed by atoms with van der Waals surface area (Å²) in [6.45, 7) is 2.20. The highest BCUT2D eigenvalue weighted by Gasteiger charge is 2.22. The van der Waals surface area contributed by atoms with Crippen molar-refractivity contribution in [1.82, 2.24) is 0 Å². The predicted molar refractivity (Wildman–Crippen MR) is 69.4 cm³/mol. The minimum atomic E-state index is -0.425. The first kappa shape index (κ1) is 13.0. The number of ether oxygens (including phenoxy) is 2. The van der Waals surface area contributed by atoms with Crippen LogP contribution in [0.25, 0.3) is 0 Å². The highest BCUT2D eigenvalue weighted by atomic mass is 19.1. The highest BCUT2D eigenvalue weighted by Crippen LogP contribution is 2.33. The van der Waals surface area contributed by atoms with Crippen LogP contribution in [0.1, 0.15) is 32.6 Å². The van der Waals surface area contributed by atoms with E-state index in [0.717, 1.165) is 19.3 Å². The summed E-state index contributed by atoms with van der Waals surface area (Å²) in [5.74, 6) is 0.907. The quantitative estimate of drug-likeness (QED) is 0.840. The van der Waals surface area contributed by atoms with E-state index in [1.54, 1.807) is 0 Å². The minimum Gasteiger partial charge on any atom is -0.494 e. The van der Waals surface area contributed by atoms with Crippen LogP contribution in [0.15, 0.2) is 12.1 Å². The van der Waals surface area contributed by atoms with Gasteiger partial charge in [-0.1, -0.05) is 13.3 Å². The van der Waals surface area contributed by atoms with Crippen LogP contribution in [-0.2, 0) is 0 Å². The molecule has 0 spiro atoms. The zero-order chi connectivity index (χ0) is 13.1. The molecular formula is C14H20FNO2. The molecule has 1 aliphatic rings. The fraction of sp³-hybridized carbons (Fsp3) is 0.571. The Balaban J connectivity index is 2.13. The molecule has 1 aromatic carbocycles. The number of hydrogen-bond acceptors (Lipinski definition) is 3. The van der Waals surface area contributed by atoms with Crippen LogP contribution in [0.4, 0.5) is 10.1 Å². The van der Waals surface area contributed by atoms with Gasteiger partial charge in [0.15, 0.2) is 11.6 Å². The number of nitrogens with two attached hydrogens (primary N) is 1. The third-order valence-electron chi connectivity index (χ3n) is 3.47.